The lowest BCUT2D eigenvalue weighted by Gasteiger charge is -2.36. The van der Waals surface area contributed by atoms with Gasteiger partial charge in [-0.15, -0.1) is 0 Å². The summed E-state index contributed by atoms with van der Waals surface area (Å²) < 4.78 is 10.6. The molecule has 2 unspecified atom stereocenters. The Morgan fingerprint density at radius 1 is 1.33 bits per heavy atom. The number of aldehydes is 1. The minimum atomic E-state index is -0.895. The Bertz CT molecular complexity index is 267. The molecule has 6 nitrogen and oxygen atoms in total. The maximum Gasteiger partial charge on any atom is 0.184 e. The third-order valence-corrected chi connectivity index (χ3v) is 2.73. The maximum atomic E-state index is 10.0. The van der Waals surface area contributed by atoms with E-state index in [1.807, 2.05) is 0 Å². The van der Waals surface area contributed by atoms with Crippen LogP contribution in [0.3, 0.4) is 0 Å². The first-order valence-electron chi connectivity index (χ1n) is 6.03. The minimum absolute atomic E-state index is 0.126. The number of aliphatic hydroxyl groups is 3. The van der Waals surface area contributed by atoms with Gasteiger partial charge in [0.1, 0.15) is 18.5 Å². The Hall–Kier alpha value is -0.790. The fraction of sp³-hybridized carbons (Fsp3) is 0.750. The van der Waals surface area contributed by atoms with Crippen LogP contribution in [0, 0.1) is 0 Å². The quantitative estimate of drug-likeness (QED) is 0.320. The second-order valence-corrected chi connectivity index (χ2v) is 4.17. The fourth-order valence-corrected chi connectivity index (χ4v) is 1.73. The second kappa shape index (κ2) is 8.34. The topological polar surface area (TPSA) is 96.2 Å². The number of ether oxygens (including phenoxy) is 2. The van der Waals surface area contributed by atoms with Gasteiger partial charge in [-0.2, -0.15) is 0 Å². The largest absolute Gasteiger partial charge is 0.394 e. The Labute approximate surface area is 106 Å². The number of carbonyl (C=O) groups is 1. The van der Waals surface area contributed by atoms with Crippen molar-refractivity contribution in [3.63, 3.8) is 0 Å². The molecule has 0 aromatic heterocycles. The molecule has 0 aromatic rings. The summed E-state index contributed by atoms with van der Waals surface area (Å²) in [4.78, 5) is 10.0. The number of allylic oxidation sites excluding steroid dienone is 2. The normalized spacial score (nSPS) is 32.8. The monoisotopic (exact) mass is 260 g/mol. The van der Waals surface area contributed by atoms with Gasteiger partial charge in [-0.05, 0) is 18.9 Å². The van der Waals surface area contributed by atoms with E-state index in [0.717, 1.165) is 0 Å². The van der Waals surface area contributed by atoms with Crippen LogP contribution in [0.25, 0.3) is 0 Å². The van der Waals surface area contributed by atoms with Crippen LogP contribution < -0.4 is 0 Å². The second-order valence-electron chi connectivity index (χ2n) is 4.17. The van der Waals surface area contributed by atoms with Gasteiger partial charge in [0.05, 0.1) is 19.3 Å². The highest BCUT2D eigenvalue weighted by Crippen LogP contribution is 2.21. The Morgan fingerprint density at radius 3 is 2.78 bits per heavy atom. The van der Waals surface area contributed by atoms with Gasteiger partial charge in [-0.3, -0.25) is 4.79 Å². The van der Waals surface area contributed by atoms with Crippen molar-refractivity contribution >= 4 is 6.29 Å². The van der Waals surface area contributed by atoms with Crippen molar-refractivity contribution in [1.82, 2.24) is 0 Å². The molecule has 3 N–H and O–H groups in total. The third kappa shape index (κ3) is 4.83. The van der Waals surface area contributed by atoms with Crippen LogP contribution >= 0.6 is 0 Å². The van der Waals surface area contributed by atoms with E-state index in [1.165, 1.54) is 6.08 Å². The van der Waals surface area contributed by atoms with E-state index >= 15 is 0 Å². The summed E-state index contributed by atoms with van der Waals surface area (Å²) in [5, 5.41) is 28.1. The number of unbranched alkanes of at least 4 members (excludes halogenated alkanes) is 1. The molecule has 1 aliphatic rings. The van der Waals surface area contributed by atoms with Gasteiger partial charge in [-0.1, -0.05) is 6.08 Å². The van der Waals surface area contributed by atoms with Gasteiger partial charge in [-0.25, -0.2) is 0 Å². The number of rotatable bonds is 7. The fourth-order valence-electron chi connectivity index (χ4n) is 1.73. The van der Waals surface area contributed by atoms with Crippen LogP contribution in [-0.4, -0.2) is 59.4 Å². The lowest BCUT2D eigenvalue weighted by molar-refractivity contribution is -0.270. The van der Waals surface area contributed by atoms with Crippen LogP contribution in [0.4, 0.5) is 0 Å². The molecule has 1 saturated heterocycles. The number of aliphatic hydroxyl groups excluding tert-OH is 3. The lowest BCUT2D eigenvalue weighted by atomic mass is 10.0. The van der Waals surface area contributed by atoms with E-state index in [0.29, 0.717) is 25.7 Å². The van der Waals surface area contributed by atoms with Crippen LogP contribution in [0.15, 0.2) is 12.2 Å². The van der Waals surface area contributed by atoms with Crippen molar-refractivity contribution in [2.45, 2.75) is 43.9 Å². The van der Waals surface area contributed by atoms with Gasteiger partial charge in [0, 0.05) is 6.42 Å². The zero-order valence-electron chi connectivity index (χ0n) is 10.1. The number of hydrogen-bond acceptors (Lipinski definition) is 6. The van der Waals surface area contributed by atoms with E-state index in [4.69, 9.17) is 14.6 Å². The lowest BCUT2D eigenvalue weighted by Crippen LogP contribution is -2.49. The van der Waals surface area contributed by atoms with Gasteiger partial charge in [0.2, 0.25) is 0 Å². The molecule has 4 atom stereocenters. The highest BCUT2D eigenvalue weighted by Gasteiger charge is 2.36. The standard InChI is InChI=1S/C12H20O6/c13-5-3-1-2-4-6-17-12-10(16)7-9(15)11(8-14)18-12/h1,3,5,9-12,14-16H,2,4,6-8H2/b3-1+/t9?,10-,11+,12?/m1/s1. The van der Waals surface area contributed by atoms with Crippen LogP contribution in [0.1, 0.15) is 19.3 Å². The Kier molecular flexibility index (Phi) is 7.07. The molecule has 18 heavy (non-hydrogen) atoms. The summed E-state index contributed by atoms with van der Waals surface area (Å²) in [6.07, 6.45) is 2.08. The maximum absolute atomic E-state index is 10.0. The van der Waals surface area contributed by atoms with E-state index in [-0.39, 0.29) is 13.0 Å². The SMILES string of the molecule is O=C/C=C/CCCOC1O[C@@H](CO)C(O)C[C@H]1O. The van der Waals surface area contributed by atoms with Crippen molar-refractivity contribution in [3.8, 4) is 0 Å². The van der Waals surface area contributed by atoms with Crippen LogP contribution in [0.5, 0.6) is 0 Å². The highest BCUT2D eigenvalue weighted by atomic mass is 16.7. The van der Waals surface area contributed by atoms with Crippen molar-refractivity contribution in [3.05, 3.63) is 12.2 Å². The number of carbonyl (C=O) groups excluding carboxylic acids is 1. The first-order chi connectivity index (χ1) is 8.69. The summed E-state index contributed by atoms with van der Waals surface area (Å²) in [6.45, 7) is 0.0645. The number of hydrogen-bond donors (Lipinski definition) is 3. The zero-order valence-corrected chi connectivity index (χ0v) is 10.1. The van der Waals surface area contributed by atoms with E-state index < -0.39 is 24.6 Å². The van der Waals surface area contributed by atoms with Gasteiger partial charge in [0.15, 0.2) is 6.29 Å². The molecule has 0 bridgehead atoms. The molecule has 0 radical (unpaired) electrons. The molecule has 6 heteroatoms. The molecule has 0 amide bonds. The first-order valence-corrected chi connectivity index (χ1v) is 6.03. The molecular weight excluding hydrogens is 240 g/mol. The van der Waals surface area contributed by atoms with Gasteiger partial charge < -0.3 is 24.8 Å². The van der Waals surface area contributed by atoms with Crippen molar-refractivity contribution in [1.29, 1.82) is 0 Å². The smallest absolute Gasteiger partial charge is 0.184 e. The van der Waals surface area contributed by atoms with E-state index in [9.17, 15) is 15.0 Å². The highest BCUT2D eigenvalue weighted by molar-refractivity contribution is 5.64. The average Bonchev–Trinajstić information content (AvgIpc) is 2.36. The Balaban J connectivity index is 2.24. The summed E-state index contributed by atoms with van der Waals surface area (Å²) >= 11 is 0. The van der Waals surface area contributed by atoms with Crippen LogP contribution in [-0.2, 0) is 14.3 Å². The first kappa shape index (κ1) is 15.3. The molecule has 0 aromatic carbocycles. The zero-order chi connectivity index (χ0) is 13.4. The predicted molar refractivity (Wildman–Crippen MR) is 62.8 cm³/mol. The van der Waals surface area contributed by atoms with Gasteiger partial charge in [0.25, 0.3) is 0 Å². The van der Waals surface area contributed by atoms with Crippen molar-refractivity contribution in [2.24, 2.45) is 0 Å². The molecule has 0 saturated carbocycles. The van der Waals surface area contributed by atoms with Crippen molar-refractivity contribution in [2.75, 3.05) is 13.2 Å². The van der Waals surface area contributed by atoms with Gasteiger partial charge >= 0.3 is 0 Å². The van der Waals surface area contributed by atoms with Crippen molar-refractivity contribution < 1.29 is 29.6 Å². The minimum Gasteiger partial charge on any atom is -0.394 e. The molecule has 1 fully saturated rings. The molecule has 104 valence electrons. The van der Waals surface area contributed by atoms with Crippen LogP contribution in [0.2, 0.25) is 0 Å². The predicted octanol–water partition coefficient (Wildman–Crippen LogP) is -0.633. The third-order valence-electron chi connectivity index (χ3n) is 2.73. The van der Waals surface area contributed by atoms with E-state index in [1.54, 1.807) is 6.08 Å². The molecule has 1 aliphatic heterocycles. The molecular formula is C12H20O6. The molecule has 0 spiro atoms. The average molecular weight is 260 g/mol. The summed E-state index contributed by atoms with van der Waals surface area (Å²) in [5.74, 6) is 0. The summed E-state index contributed by atoms with van der Waals surface area (Å²) in [7, 11) is 0. The molecule has 0 aliphatic carbocycles. The summed E-state index contributed by atoms with van der Waals surface area (Å²) in [6, 6.07) is 0. The summed E-state index contributed by atoms with van der Waals surface area (Å²) in [5.41, 5.74) is 0. The molecule has 1 rings (SSSR count). The van der Waals surface area contributed by atoms with E-state index in [2.05, 4.69) is 0 Å². The molecule has 1 heterocycles. The Morgan fingerprint density at radius 2 is 2.11 bits per heavy atom.